The highest BCUT2D eigenvalue weighted by molar-refractivity contribution is 6.01. The fourth-order valence-corrected chi connectivity index (χ4v) is 3.39. The monoisotopic (exact) mass is 467 g/mol. The van der Waals surface area contributed by atoms with Crippen LogP contribution in [0.3, 0.4) is 0 Å². The van der Waals surface area contributed by atoms with E-state index in [1.165, 1.54) is 13.2 Å². The molecule has 1 amide bonds. The van der Waals surface area contributed by atoms with Gasteiger partial charge in [0.25, 0.3) is 5.91 Å². The highest BCUT2D eigenvalue weighted by atomic mass is 16.5. The van der Waals surface area contributed by atoms with Gasteiger partial charge in [0, 0.05) is 19.2 Å². The van der Waals surface area contributed by atoms with E-state index >= 15 is 0 Å². The summed E-state index contributed by atoms with van der Waals surface area (Å²) in [5.41, 5.74) is 1.83. The van der Waals surface area contributed by atoms with Crippen molar-refractivity contribution in [2.75, 3.05) is 55.1 Å². The van der Waals surface area contributed by atoms with Crippen LogP contribution in [-0.4, -0.2) is 65.9 Å². The second-order valence-electron chi connectivity index (χ2n) is 7.62. The molecule has 0 atom stereocenters. The maximum absolute atomic E-state index is 12.4. The van der Waals surface area contributed by atoms with Crippen LogP contribution < -0.4 is 24.3 Å². The number of carbonyl (C=O) groups is 1. The minimum Gasteiger partial charge on any atom is -0.497 e. The molecule has 0 saturated heterocycles. The van der Waals surface area contributed by atoms with Crippen molar-refractivity contribution in [1.29, 1.82) is 5.26 Å². The number of nitrogens with one attached hydrogen (secondary N) is 1. The topological polar surface area (TPSA) is 93.1 Å². The number of likely N-dealkylation sites (N-methyl/N-ethyl adjacent to an activating group) is 1. The Morgan fingerprint density at radius 3 is 2.35 bits per heavy atom. The molecule has 2 rings (SSSR count). The number of benzene rings is 2. The lowest BCUT2D eigenvalue weighted by Crippen LogP contribution is -2.29. The fraction of sp³-hybridized carbons (Fsp3) is 0.385. The molecule has 0 heterocycles. The van der Waals surface area contributed by atoms with Gasteiger partial charge in [0.15, 0.2) is 11.5 Å². The summed E-state index contributed by atoms with van der Waals surface area (Å²) < 4.78 is 21.2. The van der Waals surface area contributed by atoms with Gasteiger partial charge in [-0.05, 0) is 61.8 Å². The normalized spacial score (nSPS) is 11.0. The summed E-state index contributed by atoms with van der Waals surface area (Å²) in [5.74, 6) is 2.29. The molecule has 0 spiro atoms. The van der Waals surface area contributed by atoms with Crippen LogP contribution in [0.5, 0.6) is 23.0 Å². The Hall–Kier alpha value is -3.70. The fourth-order valence-electron chi connectivity index (χ4n) is 3.39. The molecule has 1 N–H and O–H groups in total. The quantitative estimate of drug-likeness (QED) is 0.274. The average molecular weight is 468 g/mol. The van der Waals surface area contributed by atoms with Gasteiger partial charge >= 0.3 is 0 Å². The summed E-state index contributed by atoms with van der Waals surface area (Å²) in [6.45, 7) is 2.12. The predicted molar refractivity (Wildman–Crippen MR) is 132 cm³/mol. The average Bonchev–Trinajstić information content (AvgIpc) is 2.87. The number of hydrogen-bond donors (Lipinski definition) is 1. The summed E-state index contributed by atoms with van der Waals surface area (Å²) >= 11 is 0. The number of carbonyl (C=O) groups excluding carboxylic acids is 1. The second-order valence-corrected chi connectivity index (χ2v) is 7.62. The molecule has 0 saturated carbocycles. The van der Waals surface area contributed by atoms with Crippen molar-refractivity contribution in [2.24, 2.45) is 0 Å². The van der Waals surface area contributed by atoms with Gasteiger partial charge in [0.05, 0.1) is 28.4 Å². The van der Waals surface area contributed by atoms with Crippen molar-refractivity contribution in [1.82, 2.24) is 10.2 Å². The summed E-state index contributed by atoms with van der Waals surface area (Å²) in [6.07, 6.45) is 3.13. The van der Waals surface area contributed by atoms with E-state index < -0.39 is 5.91 Å². The molecule has 34 heavy (non-hydrogen) atoms. The third kappa shape index (κ3) is 7.71. The van der Waals surface area contributed by atoms with Crippen LogP contribution >= 0.6 is 0 Å². The summed E-state index contributed by atoms with van der Waals surface area (Å²) in [7, 11) is 8.41. The summed E-state index contributed by atoms with van der Waals surface area (Å²) in [5, 5.41) is 12.2. The molecule has 8 nitrogen and oxygen atoms in total. The first-order valence-corrected chi connectivity index (χ1v) is 11.0. The molecule has 182 valence electrons. The SMILES string of the molecule is COc1ccc(CCN(C)CCCNC(=O)C(C#N)=Cc2ccc(OC)c(OC)c2)c(OC)c1. The van der Waals surface area contributed by atoms with Crippen molar-refractivity contribution in [3.63, 3.8) is 0 Å². The third-order valence-electron chi connectivity index (χ3n) is 5.34. The van der Waals surface area contributed by atoms with Gasteiger partial charge in [0.1, 0.15) is 23.1 Å². The van der Waals surface area contributed by atoms with Crippen LogP contribution in [0.25, 0.3) is 6.08 Å². The lowest BCUT2D eigenvalue weighted by molar-refractivity contribution is -0.117. The summed E-state index contributed by atoms with van der Waals surface area (Å²) in [6, 6.07) is 13.0. The standard InChI is InChI=1S/C26H33N3O5/c1-29(14-11-20-8-9-22(31-2)17-24(20)33-4)13-6-12-28-26(30)21(18-27)15-19-7-10-23(32-3)25(16-19)34-5/h7-10,15-17H,6,11-14H2,1-5H3,(H,28,30). The van der Waals surface area contributed by atoms with Crippen LogP contribution in [0.1, 0.15) is 17.5 Å². The van der Waals surface area contributed by atoms with Crippen LogP contribution in [0, 0.1) is 11.3 Å². The Morgan fingerprint density at radius 1 is 0.971 bits per heavy atom. The molecule has 0 fully saturated rings. The molecule has 0 radical (unpaired) electrons. The van der Waals surface area contributed by atoms with Gasteiger partial charge in [-0.1, -0.05) is 12.1 Å². The van der Waals surface area contributed by atoms with Crippen molar-refractivity contribution in [3.05, 3.63) is 53.1 Å². The van der Waals surface area contributed by atoms with Crippen LogP contribution in [0.2, 0.25) is 0 Å². The molecular weight excluding hydrogens is 434 g/mol. The number of rotatable bonds is 13. The minimum atomic E-state index is -0.400. The molecule has 0 bridgehead atoms. The lowest BCUT2D eigenvalue weighted by Gasteiger charge is -2.18. The highest BCUT2D eigenvalue weighted by Gasteiger charge is 2.11. The van der Waals surface area contributed by atoms with E-state index in [-0.39, 0.29) is 5.57 Å². The number of nitrogens with zero attached hydrogens (tertiary/aromatic N) is 2. The maximum atomic E-state index is 12.4. The molecule has 0 unspecified atom stereocenters. The Bertz CT molecular complexity index is 1030. The Morgan fingerprint density at radius 2 is 1.71 bits per heavy atom. The zero-order valence-electron chi connectivity index (χ0n) is 20.5. The van der Waals surface area contributed by atoms with Gasteiger partial charge in [-0.3, -0.25) is 4.79 Å². The van der Waals surface area contributed by atoms with Crippen LogP contribution in [0.15, 0.2) is 42.0 Å². The van der Waals surface area contributed by atoms with Gasteiger partial charge in [-0.15, -0.1) is 0 Å². The van der Waals surface area contributed by atoms with E-state index in [9.17, 15) is 10.1 Å². The van der Waals surface area contributed by atoms with E-state index in [4.69, 9.17) is 18.9 Å². The Labute approximate surface area is 201 Å². The number of nitriles is 1. The highest BCUT2D eigenvalue weighted by Crippen LogP contribution is 2.28. The lowest BCUT2D eigenvalue weighted by atomic mass is 10.1. The first-order valence-electron chi connectivity index (χ1n) is 11.0. The second kappa shape index (κ2) is 13.8. The predicted octanol–water partition coefficient (Wildman–Crippen LogP) is 3.31. The van der Waals surface area contributed by atoms with E-state index in [0.717, 1.165) is 43.0 Å². The molecule has 2 aromatic rings. The smallest absolute Gasteiger partial charge is 0.261 e. The zero-order chi connectivity index (χ0) is 24.9. The molecule has 0 aliphatic rings. The van der Waals surface area contributed by atoms with Gasteiger partial charge in [0.2, 0.25) is 0 Å². The minimum absolute atomic E-state index is 0.0344. The van der Waals surface area contributed by atoms with E-state index in [0.29, 0.717) is 23.6 Å². The van der Waals surface area contributed by atoms with Crippen LogP contribution in [0.4, 0.5) is 0 Å². The van der Waals surface area contributed by atoms with Crippen molar-refractivity contribution in [2.45, 2.75) is 12.8 Å². The first kappa shape index (κ1) is 26.6. The van der Waals surface area contributed by atoms with E-state index in [1.54, 1.807) is 39.5 Å². The number of ether oxygens (including phenoxy) is 4. The number of methoxy groups -OCH3 is 4. The Kier molecular flexibility index (Phi) is 10.7. The summed E-state index contributed by atoms with van der Waals surface area (Å²) in [4.78, 5) is 14.6. The molecule has 0 aromatic heterocycles. The Balaban J connectivity index is 1.82. The van der Waals surface area contributed by atoms with Crippen molar-refractivity contribution >= 4 is 12.0 Å². The zero-order valence-corrected chi connectivity index (χ0v) is 20.5. The molecule has 0 aliphatic carbocycles. The van der Waals surface area contributed by atoms with Crippen molar-refractivity contribution in [3.8, 4) is 29.1 Å². The third-order valence-corrected chi connectivity index (χ3v) is 5.34. The number of amides is 1. The van der Waals surface area contributed by atoms with Crippen LogP contribution in [-0.2, 0) is 11.2 Å². The van der Waals surface area contributed by atoms with Gasteiger partial charge in [-0.2, -0.15) is 5.26 Å². The maximum Gasteiger partial charge on any atom is 0.261 e. The van der Waals surface area contributed by atoms with Gasteiger partial charge < -0.3 is 29.2 Å². The van der Waals surface area contributed by atoms with Gasteiger partial charge in [-0.25, -0.2) is 0 Å². The number of hydrogen-bond acceptors (Lipinski definition) is 7. The van der Waals surface area contributed by atoms with E-state index in [2.05, 4.69) is 10.2 Å². The first-order chi connectivity index (χ1) is 16.4. The van der Waals surface area contributed by atoms with E-state index in [1.807, 2.05) is 31.3 Å². The molecule has 2 aromatic carbocycles. The molecule has 0 aliphatic heterocycles. The molecular formula is C26H33N3O5. The largest absolute Gasteiger partial charge is 0.497 e. The molecule has 8 heteroatoms. The van der Waals surface area contributed by atoms with Crippen molar-refractivity contribution < 1.29 is 23.7 Å².